The summed E-state index contributed by atoms with van der Waals surface area (Å²) in [6.45, 7) is 5.11. The number of rotatable bonds is 7. The monoisotopic (exact) mass is 371 g/mol. The third-order valence-electron chi connectivity index (χ3n) is 3.88. The molecule has 0 saturated carbocycles. The average molecular weight is 371 g/mol. The largest absolute Gasteiger partial charge is 0.383 e. The molecule has 1 aromatic carbocycles. The second-order valence-electron chi connectivity index (χ2n) is 5.89. The highest BCUT2D eigenvalue weighted by Crippen LogP contribution is 2.26. The molecule has 136 valence electrons. The predicted molar refractivity (Wildman–Crippen MR) is 102 cm³/mol. The molecule has 8 heteroatoms. The molecular weight excluding hydrogens is 350 g/mol. The van der Waals surface area contributed by atoms with Crippen molar-refractivity contribution in [2.24, 2.45) is 0 Å². The molecule has 3 aromatic rings. The van der Waals surface area contributed by atoms with Gasteiger partial charge in [-0.2, -0.15) is 5.10 Å². The topological polar surface area (TPSA) is 81.9 Å². The summed E-state index contributed by atoms with van der Waals surface area (Å²) >= 11 is 1.37. The van der Waals surface area contributed by atoms with Crippen molar-refractivity contribution in [2.75, 3.05) is 26.0 Å². The van der Waals surface area contributed by atoms with Crippen LogP contribution in [0.15, 0.2) is 35.7 Å². The number of hydrogen-bond acceptors (Lipinski definition) is 6. The van der Waals surface area contributed by atoms with Gasteiger partial charge in [0.1, 0.15) is 11.4 Å². The number of nitrogens with one attached hydrogen (secondary N) is 1. The van der Waals surface area contributed by atoms with Gasteiger partial charge in [-0.25, -0.2) is 14.6 Å². The molecule has 0 spiro atoms. The van der Waals surface area contributed by atoms with E-state index in [1.807, 2.05) is 10.7 Å². The number of thioether (sulfide) groups is 1. The summed E-state index contributed by atoms with van der Waals surface area (Å²) in [5, 5.41) is 8.86. The number of carbonyl (C=O) groups is 1. The minimum absolute atomic E-state index is 0.0550. The van der Waals surface area contributed by atoms with Crippen LogP contribution in [0.3, 0.4) is 0 Å². The van der Waals surface area contributed by atoms with Crippen LogP contribution in [0.25, 0.3) is 16.7 Å². The lowest BCUT2D eigenvalue weighted by Gasteiger charge is -2.08. The summed E-state index contributed by atoms with van der Waals surface area (Å²) in [5.74, 6) is 0.227. The standard InChI is InChI=1S/C18H21N5O2S/c1-12-4-5-15(13(2)8-12)23-17-14(9-22-23)18(21-11-20-17)26-10-16(24)19-6-7-25-3/h4-5,8-9,11H,6-7,10H2,1-3H3,(H,19,24). The molecule has 0 atom stereocenters. The fraction of sp³-hybridized carbons (Fsp3) is 0.333. The first-order valence-corrected chi connectivity index (χ1v) is 9.23. The summed E-state index contributed by atoms with van der Waals surface area (Å²) in [4.78, 5) is 20.6. The summed E-state index contributed by atoms with van der Waals surface area (Å²) < 4.78 is 6.74. The second-order valence-corrected chi connectivity index (χ2v) is 6.86. The molecule has 7 nitrogen and oxygen atoms in total. The van der Waals surface area contributed by atoms with E-state index in [0.717, 1.165) is 27.3 Å². The zero-order valence-corrected chi connectivity index (χ0v) is 15.8. The lowest BCUT2D eigenvalue weighted by molar-refractivity contribution is -0.118. The van der Waals surface area contributed by atoms with E-state index in [9.17, 15) is 4.79 Å². The van der Waals surface area contributed by atoms with E-state index in [0.29, 0.717) is 13.2 Å². The first-order valence-electron chi connectivity index (χ1n) is 8.25. The molecule has 1 amide bonds. The van der Waals surface area contributed by atoms with E-state index in [4.69, 9.17) is 4.74 Å². The molecule has 0 unspecified atom stereocenters. The maximum atomic E-state index is 11.9. The highest BCUT2D eigenvalue weighted by atomic mass is 32.2. The summed E-state index contributed by atoms with van der Waals surface area (Å²) in [6.07, 6.45) is 3.26. The van der Waals surface area contributed by atoms with Crippen LogP contribution >= 0.6 is 11.8 Å². The van der Waals surface area contributed by atoms with Crippen molar-refractivity contribution >= 4 is 28.7 Å². The Morgan fingerprint density at radius 1 is 1.31 bits per heavy atom. The van der Waals surface area contributed by atoms with E-state index in [2.05, 4.69) is 46.4 Å². The van der Waals surface area contributed by atoms with Crippen LogP contribution in [0.4, 0.5) is 0 Å². The lowest BCUT2D eigenvalue weighted by atomic mass is 10.1. The molecule has 0 saturated heterocycles. The number of fused-ring (bicyclic) bond motifs is 1. The van der Waals surface area contributed by atoms with E-state index in [1.165, 1.54) is 23.7 Å². The molecule has 2 heterocycles. The molecule has 0 fully saturated rings. The maximum absolute atomic E-state index is 11.9. The average Bonchev–Trinajstić information content (AvgIpc) is 3.05. The van der Waals surface area contributed by atoms with Gasteiger partial charge >= 0.3 is 0 Å². The molecule has 3 rings (SSSR count). The van der Waals surface area contributed by atoms with Crippen LogP contribution in [-0.4, -0.2) is 51.7 Å². The van der Waals surface area contributed by atoms with Crippen LogP contribution in [0.5, 0.6) is 0 Å². The third kappa shape index (κ3) is 4.03. The van der Waals surface area contributed by atoms with Gasteiger partial charge in [-0.3, -0.25) is 4.79 Å². The number of benzene rings is 1. The third-order valence-corrected chi connectivity index (χ3v) is 4.88. The number of nitrogens with zero attached hydrogens (tertiary/aromatic N) is 4. The van der Waals surface area contributed by atoms with Crippen molar-refractivity contribution in [2.45, 2.75) is 18.9 Å². The number of methoxy groups -OCH3 is 1. The van der Waals surface area contributed by atoms with Gasteiger partial charge in [-0.1, -0.05) is 29.5 Å². The van der Waals surface area contributed by atoms with Gasteiger partial charge < -0.3 is 10.1 Å². The quantitative estimate of drug-likeness (QED) is 0.390. The molecule has 0 bridgehead atoms. The zero-order valence-electron chi connectivity index (χ0n) is 15.0. The van der Waals surface area contributed by atoms with Gasteiger partial charge in [0.2, 0.25) is 5.91 Å². The van der Waals surface area contributed by atoms with E-state index >= 15 is 0 Å². The Hall–Kier alpha value is -2.45. The molecule has 0 radical (unpaired) electrons. The summed E-state index contributed by atoms with van der Waals surface area (Å²) in [5.41, 5.74) is 4.04. The summed E-state index contributed by atoms with van der Waals surface area (Å²) in [6, 6.07) is 6.20. The van der Waals surface area contributed by atoms with Crippen molar-refractivity contribution in [3.8, 4) is 5.69 Å². The Morgan fingerprint density at radius 2 is 2.15 bits per heavy atom. The Balaban J connectivity index is 1.81. The molecular formula is C18H21N5O2S. The van der Waals surface area contributed by atoms with E-state index in [-0.39, 0.29) is 11.7 Å². The van der Waals surface area contributed by atoms with Gasteiger partial charge in [0.05, 0.1) is 29.6 Å². The normalized spacial score (nSPS) is 11.0. The van der Waals surface area contributed by atoms with Crippen molar-refractivity contribution in [3.63, 3.8) is 0 Å². The van der Waals surface area contributed by atoms with Crippen LogP contribution in [0, 0.1) is 13.8 Å². The Kier molecular flexibility index (Phi) is 5.85. The number of amides is 1. The van der Waals surface area contributed by atoms with Gasteiger partial charge in [0.15, 0.2) is 5.65 Å². The zero-order chi connectivity index (χ0) is 18.5. The highest BCUT2D eigenvalue weighted by Gasteiger charge is 2.14. The fourth-order valence-electron chi connectivity index (χ4n) is 2.63. The van der Waals surface area contributed by atoms with E-state index in [1.54, 1.807) is 13.3 Å². The molecule has 1 N–H and O–H groups in total. The van der Waals surface area contributed by atoms with Crippen LogP contribution in [0.1, 0.15) is 11.1 Å². The Labute approximate surface area is 156 Å². The highest BCUT2D eigenvalue weighted by molar-refractivity contribution is 8.00. The number of aryl methyl sites for hydroxylation is 2. The Morgan fingerprint density at radius 3 is 2.92 bits per heavy atom. The predicted octanol–water partition coefficient (Wildman–Crippen LogP) is 2.29. The van der Waals surface area contributed by atoms with E-state index < -0.39 is 0 Å². The minimum atomic E-state index is -0.0550. The first-order chi connectivity index (χ1) is 12.6. The number of hydrogen-bond donors (Lipinski definition) is 1. The van der Waals surface area contributed by atoms with Crippen LogP contribution < -0.4 is 5.32 Å². The van der Waals surface area contributed by atoms with Crippen molar-refractivity contribution in [1.29, 1.82) is 0 Å². The molecule has 0 aliphatic rings. The minimum Gasteiger partial charge on any atom is -0.383 e. The molecule has 0 aliphatic heterocycles. The number of aromatic nitrogens is 4. The van der Waals surface area contributed by atoms with Gasteiger partial charge in [-0.05, 0) is 25.5 Å². The first kappa shape index (κ1) is 18.3. The lowest BCUT2D eigenvalue weighted by Crippen LogP contribution is -2.28. The van der Waals surface area contributed by atoms with Crippen molar-refractivity contribution in [3.05, 3.63) is 41.9 Å². The smallest absolute Gasteiger partial charge is 0.230 e. The van der Waals surface area contributed by atoms with Gasteiger partial charge in [0, 0.05) is 13.7 Å². The van der Waals surface area contributed by atoms with Crippen molar-refractivity contribution in [1.82, 2.24) is 25.1 Å². The fourth-order valence-corrected chi connectivity index (χ4v) is 3.43. The summed E-state index contributed by atoms with van der Waals surface area (Å²) in [7, 11) is 1.60. The van der Waals surface area contributed by atoms with Crippen LogP contribution in [0.2, 0.25) is 0 Å². The molecule has 0 aliphatic carbocycles. The molecule has 26 heavy (non-hydrogen) atoms. The van der Waals surface area contributed by atoms with Crippen LogP contribution in [-0.2, 0) is 9.53 Å². The number of ether oxygens (including phenoxy) is 1. The SMILES string of the molecule is COCCNC(=O)CSc1ncnc2c1cnn2-c1ccc(C)cc1C. The second kappa shape index (κ2) is 8.29. The maximum Gasteiger partial charge on any atom is 0.230 e. The number of carbonyl (C=O) groups excluding carboxylic acids is 1. The molecule has 2 aromatic heterocycles. The van der Waals surface area contributed by atoms with Gasteiger partial charge in [-0.15, -0.1) is 0 Å². The van der Waals surface area contributed by atoms with Gasteiger partial charge in [0.25, 0.3) is 0 Å². The Bertz CT molecular complexity index is 925. The van der Waals surface area contributed by atoms with Crippen molar-refractivity contribution < 1.29 is 9.53 Å².